The lowest BCUT2D eigenvalue weighted by molar-refractivity contribution is -0.139. The molecule has 0 unspecified atom stereocenters. The predicted octanol–water partition coefficient (Wildman–Crippen LogP) is 4.83. The minimum absolute atomic E-state index is 0.0106. The minimum atomic E-state index is -1.22. The molecule has 0 fully saturated rings. The summed E-state index contributed by atoms with van der Waals surface area (Å²) in [6, 6.07) is 19.5. The first-order valence-corrected chi connectivity index (χ1v) is 11.1. The molecule has 34 heavy (non-hydrogen) atoms. The highest BCUT2D eigenvalue weighted by Gasteiger charge is 2.29. The molecular weight excluding hydrogens is 456 g/mol. The molecule has 3 N–H and O–H groups in total. The Morgan fingerprint density at radius 2 is 1.62 bits per heavy atom. The van der Waals surface area contributed by atoms with Crippen LogP contribution < -0.4 is 10.6 Å². The zero-order chi connectivity index (χ0) is 24.2. The van der Waals surface area contributed by atoms with E-state index in [0.717, 1.165) is 22.3 Å². The van der Waals surface area contributed by atoms with E-state index in [0.29, 0.717) is 16.3 Å². The summed E-state index contributed by atoms with van der Waals surface area (Å²) < 4.78 is 5.46. The Bertz CT molecular complexity index is 1210. The molecule has 174 valence electrons. The molecule has 4 rings (SSSR count). The Morgan fingerprint density at radius 3 is 2.21 bits per heavy atom. The molecule has 8 heteroatoms. The van der Waals surface area contributed by atoms with Crippen LogP contribution in [0.4, 0.5) is 10.5 Å². The van der Waals surface area contributed by atoms with Gasteiger partial charge in [0, 0.05) is 19.3 Å². The predicted molar refractivity (Wildman–Crippen MR) is 129 cm³/mol. The number of anilines is 1. The van der Waals surface area contributed by atoms with E-state index >= 15 is 0 Å². The van der Waals surface area contributed by atoms with Crippen molar-refractivity contribution in [3.8, 4) is 11.1 Å². The maximum absolute atomic E-state index is 12.5. The van der Waals surface area contributed by atoms with Gasteiger partial charge in [0.1, 0.15) is 12.6 Å². The van der Waals surface area contributed by atoms with Crippen LogP contribution in [0.2, 0.25) is 5.02 Å². The van der Waals surface area contributed by atoms with Gasteiger partial charge in [0.15, 0.2) is 0 Å². The third-order valence-corrected chi connectivity index (χ3v) is 6.04. The van der Waals surface area contributed by atoms with Gasteiger partial charge in [-0.2, -0.15) is 0 Å². The van der Waals surface area contributed by atoms with Crippen LogP contribution in [-0.2, 0) is 20.7 Å². The van der Waals surface area contributed by atoms with Crippen LogP contribution in [0.15, 0.2) is 66.7 Å². The first kappa shape index (κ1) is 23.3. The first-order chi connectivity index (χ1) is 16.3. The van der Waals surface area contributed by atoms with Crippen LogP contribution >= 0.6 is 11.6 Å². The quantitative estimate of drug-likeness (QED) is 0.451. The highest BCUT2D eigenvalue weighted by Crippen LogP contribution is 2.44. The molecule has 0 bridgehead atoms. The number of halogens is 1. The van der Waals surface area contributed by atoms with Gasteiger partial charge in [0.05, 0.1) is 10.7 Å². The van der Waals surface area contributed by atoms with E-state index < -0.39 is 18.1 Å². The molecule has 0 heterocycles. The van der Waals surface area contributed by atoms with Gasteiger partial charge in [-0.3, -0.25) is 4.79 Å². The molecule has 3 aromatic rings. The van der Waals surface area contributed by atoms with Crippen molar-refractivity contribution < 1.29 is 24.2 Å². The summed E-state index contributed by atoms with van der Waals surface area (Å²) in [4.78, 5) is 35.7. The lowest BCUT2D eigenvalue weighted by atomic mass is 9.98. The third-order valence-electron chi connectivity index (χ3n) is 5.72. The van der Waals surface area contributed by atoms with E-state index in [1.807, 2.05) is 48.5 Å². The number of aliphatic carboxylic acids is 1. The van der Waals surface area contributed by atoms with Crippen LogP contribution in [0.25, 0.3) is 11.1 Å². The number of benzene rings is 3. The van der Waals surface area contributed by atoms with Gasteiger partial charge in [0.25, 0.3) is 0 Å². The van der Waals surface area contributed by atoms with Crippen LogP contribution in [0.1, 0.15) is 29.5 Å². The molecular formula is C26H23ClN2O5. The first-order valence-electron chi connectivity index (χ1n) is 10.7. The van der Waals surface area contributed by atoms with Gasteiger partial charge in [-0.05, 0) is 39.9 Å². The number of carboxylic acids is 1. The second kappa shape index (κ2) is 9.97. The lowest BCUT2D eigenvalue weighted by Crippen LogP contribution is -2.42. The smallest absolute Gasteiger partial charge is 0.407 e. The van der Waals surface area contributed by atoms with Crippen LogP contribution in [0.5, 0.6) is 0 Å². The minimum Gasteiger partial charge on any atom is -0.480 e. The molecule has 0 aliphatic heterocycles. The van der Waals surface area contributed by atoms with Gasteiger partial charge in [-0.1, -0.05) is 66.2 Å². The number of hydrogen-bond donors (Lipinski definition) is 3. The average Bonchev–Trinajstić information content (AvgIpc) is 3.13. The SMILES string of the molecule is CC(=O)Nc1cc(C[C@H](NC(=O)OCC2c3ccccc3-c3ccccc32)C(=O)O)ccc1Cl. The van der Waals surface area contributed by atoms with E-state index in [1.54, 1.807) is 18.2 Å². The maximum atomic E-state index is 12.5. The fourth-order valence-corrected chi connectivity index (χ4v) is 4.37. The average molecular weight is 479 g/mol. The number of carbonyl (C=O) groups is 3. The molecule has 3 aromatic carbocycles. The normalized spacial score (nSPS) is 12.9. The summed E-state index contributed by atoms with van der Waals surface area (Å²) in [5, 5.41) is 15.0. The second-order valence-corrected chi connectivity index (χ2v) is 8.47. The number of carboxylic acid groups (broad SMARTS) is 1. The Morgan fingerprint density at radius 1 is 1.00 bits per heavy atom. The fourth-order valence-electron chi connectivity index (χ4n) is 4.20. The van der Waals surface area contributed by atoms with Crippen molar-refractivity contribution in [3.05, 3.63) is 88.4 Å². The molecule has 0 radical (unpaired) electrons. The molecule has 0 aromatic heterocycles. The summed E-state index contributed by atoms with van der Waals surface area (Å²) >= 11 is 6.08. The van der Waals surface area contributed by atoms with E-state index in [4.69, 9.17) is 16.3 Å². The van der Waals surface area contributed by atoms with Gasteiger partial charge in [0.2, 0.25) is 5.91 Å². The number of alkyl carbamates (subject to hydrolysis) is 1. The van der Waals surface area contributed by atoms with Crippen molar-refractivity contribution in [1.29, 1.82) is 0 Å². The summed E-state index contributed by atoms with van der Waals surface area (Å²) in [5.41, 5.74) is 5.30. The Labute approximate surface area is 201 Å². The van der Waals surface area contributed by atoms with E-state index in [-0.39, 0.29) is 24.9 Å². The summed E-state index contributed by atoms with van der Waals surface area (Å²) in [6.45, 7) is 1.43. The monoisotopic (exact) mass is 478 g/mol. The number of nitrogens with one attached hydrogen (secondary N) is 2. The number of carbonyl (C=O) groups excluding carboxylic acids is 2. The molecule has 7 nitrogen and oxygen atoms in total. The van der Waals surface area contributed by atoms with Gasteiger partial charge in [-0.15, -0.1) is 0 Å². The number of hydrogen-bond acceptors (Lipinski definition) is 4. The van der Waals surface area contributed by atoms with Crippen molar-refractivity contribution >= 4 is 35.3 Å². The maximum Gasteiger partial charge on any atom is 0.407 e. The van der Waals surface area contributed by atoms with Gasteiger partial charge in [-0.25, -0.2) is 9.59 Å². The van der Waals surface area contributed by atoms with Gasteiger partial charge < -0.3 is 20.5 Å². The second-order valence-electron chi connectivity index (χ2n) is 8.06. The molecule has 0 saturated heterocycles. The van der Waals surface area contributed by atoms with Crippen molar-refractivity contribution in [1.82, 2.24) is 5.32 Å². The molecule has 2 amide bonds. The number of amides is 2. The highest BCUT2D eigenvalue weighted by molar-refractivity contribution is 6.33. The molecule has 1 atom stereocenters. The Balaban J connectivity index is 1.43. The fraction of sp³-hybridized carbons (Fsp3) is 0.192. The lowest BCUT2D eigenvalue weighted by Gasteiger charge is -2.18. The Kier molecular flexibility index (Phi) is 6.84. The van der Waals surface area contributed by atoms with Crippen molar-refractivity contribution in [2.75, 3.05) is 11.9 Å². The Hall–Kier alpha value is -3.84. The molecule has 0 spiro atoms. The van der Waals surface area contributed by atoms with E-state index in [2.05, 4.69) is 10.6 Å². The van der Waals surface area contributed by atoms with Gasteiger partial charge >= 0.3 is 12.1 Å². The summed E-state index contributed by atoms with van der Waals surface area (Å²) in [6.07, 6.45) is -0.825. The summed E-state index contributed by atoms with van der Waals surface area (Å²) in [7, 11) is 0. The number of ether oxygens (including phenoxy) is 1. The molecule has 1 aliphatic carbocycles. The summed E-state index contributed by atoms with van der Waals surface area (Å²) in [5.74, 6) is -1.63. The van der Waals surface area contributed by atoms with Crippen molar-refractivity contribution in [2.45, 2.75) is 25.3 Å². The van der Waals surface area contributed by atoms with E-state index in [9.17, 15) is 19.5 Å². The van der Waals surface area contributed by atoms with E-state index in [1.165, 1.54) is 6.92 Å². The van der Waals surface area contributed by atoms with Crippen molar-refractivity contribution in [3.63, 3.8) is 0 Å². The topological polar surface area (TPSA) is 105 Å². The standard InChI is InChI=1S/C26H23ClN2O5/c1-15(30)28-23-12-16(10-11-22(23)27)13-24(25(31)32)29-26(33)34-14-21-19-8-4-2-6-17(19)18-7-3-5-9-20(18)21/h2-12,21,24H,13-14H2,1H3,(H,28,30)(H,29,33)(H,31,32)/t24-/m0/s1. The molecule has 1 aliphatic rings. The highest BCUT2D eigenvalue weighted by atomic mass is 35.5. The van der Waals surface area contributed by atoms with Crippen LogP contribution in [0, 0.1) is 0 Å². The van der Waals surface area contributed by atoms with Crippen molar-refractivity contribution in [2.24, 2.45) is 0 Å². The van der Waals surface area contributed by atoms with Crippen LogP contribution in [-0.4, -0.2) is 35.7 Å². The number of rotatable bonds is 7. The number of fused-ring (bicyclic) bond motifs is 3. The largest absolute Gasteiger partial charge is 0.480 e. The zero-order valence-corrected chi connectivity index (χ0v) is 19.1. The van der Waals surface area contributed by atoms with Crippen LogP contribution in [0.3, 0.4) is 0 Å². The molecule has 0 saturated carbocycles. The third kappa shape index (κ3) is 5.05. The zero-order valence-electron chi connectivity index (χ0n) is 18.4.